The Morgan fingerprint density at radius 2 is 1.70 bits per heavy atom. The van der Waals surface area contributed by atoms with Crippen molar-refractivity contribution in [3.63, 3.8) is 0 Å². The third-order valence-electron chi connectivity index (χ3n) is 5.30. The van der Waals surface area contributed by atoms with Crippen molar-refractivity contribution in [1.82, 2.24) is 34.2 Å². The Hall–Kier alpha value is -4.32. The van der Waals surface area contributed by atoms with E-state index in [2.05, 4.69) is 30.9 Å². The second-order valence-electron chi connectivity index (χ2n) is 7.31. The van der Waals surface area contributed by atoms with Gasteiger partial charge in [0.25, 0.3) is 11.8 Å². The van der Waals surface area contributed by atoms with Gasteiger partial charge >= 0.3 is 0 Å². The van der Waals surface area contributed by atoms with Crippen molar-refractivity contribution in [2.75, 3.05) is 10.6 Å². The van der Waals surface area contributed by atoms with Gasteiger partial charge in [-0.15, -0.1) is 11.3 Å². The second kappa shape index (κ2) is 7.98. The third-order valence-corrected chi connectivity index (χ3v) is 6.20. The van der Waals surface area contributed by atoms with Gasteiger partial charge in [0, 0.05) is 20.3 Å². The van der Waals surface area contributed by atoms with Crippen molar-refractivity contribution < 1.29 is 9.59 Å². The SMILES string of the molecule is Cc1c(NC(=O)c2c(NC(=O)c3cnn4c(-c5cccs5)ccnc34)cnn2C)cnn1C. The zero-order valence-corrected chi connectivity index (χ0v) is 18.8. The maximum atomic E-state index is 13.1. The number of nitrogens with one attached hydrogen (secondary N) is 2. The lowest BCUT2D eigenvalue weighted by atomic mass is 10.2. The molecule has 12 heteroatoms. The van der Waals surface area contributed by atoms with Crippen LogP contribution in [0.15, 0.2) is 48.4 Å². The molecule has 0 radical (unpaired) electrons. The lowest BCUT2D eigenvalue weighted by Gasteiger charge is -2.08. The monoisotopic (exact) mass is 461 g/mol. The predicted molar refractivity (Wildman–Crippen MR) is 123 cm³/mol. The van der Waals surface area contributed by atoms with Crippen LogP contribution in [0.2, 0.25) is 0 Å². The number of rotatable bonds is 5. The molecule has 0 aliphatic carbocycles. The predicted octanol–water partition coefficient (Wildman–Crippen LogP) is 2.74. The molecular weight excluding hydrogens is 442 g/mol. The van der Waals surface area contributed by atoms with E-state index in [1.165, 1.54) is 17.1 Å². The van der Waals surface area contributed by atoms with E-state index >= 15 is 0 Å². The molecule has 5 aromatic heterocycles. The number of hydrogen-bond donors (Lipinski definition) is 2. The number of nitrogens with zero attached hydrogens (tertiary/aromatic N) is 7. The second-order valence-corrected chi connectivity index (χ2v) is 8.25. The van der Waals surface area contributed by atoms with E-state index in [1.807, 2.05) is 30.5 Å². The van der Waals surface area contributed by atoms with Crippen LogP contribution in [0.25, 0.3) is 16.2 Å². The summed E-state index contributed by atoms with van der Waals surface area (Å²) in [7, 11) is 3.42. The van der Waals surface area contributed by atoms with Crippen molar-refractivity contribution >= 4 is 40.2 Å². The molecule has 2 amide bonds. The number of carbonyl (C=O) groups excluding carboxylic acids is 2. The first-order valence-corrected chi connectivity index (χ1v) is 10.8. The third kappa shape index (κ3) is 3.55. The number of hydrogen-bond acceptors (Lipinski definition) is 7. The minimum atomic E-state index is -0.444. The van der Waals surface area contributed by atoms with E-state index in [1.54, 1.807) is 47.0 Å². The fourth-order valence-corrected chi connectivity index (χ4v) is 4.19. The van der Waals surface area contributed by atoms with Crippen LogP contribution in [0.1, 0.15) is 26.5 Å². The van der Waals surface area contributed by atoms with Gasteiger partial charge in [0.2, 0.25) is 0 Å². The van der Waals surface area contributed by atoms with Crippen LogP contribution < -0.4 is 10.6 Å². The van der Waals surface area contributed by atoms with Gasteiger partial charge in [0.1, 0.15) is 11.3 Å². The van der Waals surface area contributed by atoms with Crippen molar-refractivity contribution in [2.24, 2.45) is 14.1 Å². The highest BCUT2D eigenvalue weighted by Gasteiger charge is 2.23. The highest BCUT2D eigenvalue weighted by atomic mass is 32.1. The van der Waals surface area contributed by atoms with E-state index in [9.17, 15) is 9.59 Å². The molecule has 0 bridgehead atoms. The topological polar surface area (TPSA) is 124 Å². The minimum Gasteiger partial charge on any atom is -0.318 e. The van der Waals surface area contributed by atoms with Crippen molar-refractivity contribution in [3.05, 3.63) is 65.3 Å². The largest absolute Gasteiger partial charge is 0.318 e. The molecule has 0 atom stereocenters. The van der Waals surface area contributed by atoms with Crippen LogP contribution in [0.5, 0.6) is 0 Å². The molecule has 5 heterocycles. The summed E-state index contributed by atoms with van der Waals surface area (Å²) in [4.78, 5) is 31.4. The number of thiophene rings is 1. The van der Waals surface area contributed by atoms with Gasteiger partial charge in [-0.25, -0.2) is 9.50 Å². The first-order chi connectivity index (χ1) is 15.9. The summed E-state index contributed by atoms with van der Waals surface area (Å²) in [5.41, 5.74) is 3.39. The average molecular weight is 462 g/mol. The molecule has 0 saturated heterocycles. The molecule has 0 aromatic carbocycles. The molecule has 5 aromatic rings. The van der Waals surface area contributed by atoms with Crippen LogP contribution in [-0.4, -0.2) is 46.0 Å². The average Bonchev–Trinajstić information content (AvgIpc) is 3.59. The summed E-state index contributed by atoms with van der Waals surface area (Å²) in [5.74, 6) is -0.861. The van der Waals surface area contributed by atoms with Gasteiger partial charge in [0.05, 0.1) is 46.2 Å². The van der Waals surface area contributed by atoms with Gasteiger partial charge < -0.3 is 10.6 Å². The van der Waals surface area contributed by atoms with E-state index in [4.69, 9.17) is 0 Å². The molecular formula is C21H19N9O2S. The normalized spacial score (nSPS) is 11.1. The first kappa shape index (κ1) is 20.6. The Kier molecular flexibility index (Phi) is 4.98. The summed E-state index contributed by atoms with van der Waals surface area (Å²) in [5, 5.41) is 20.2. The van der Waals surface area contributed by atoms with E-state index in [-0.39, 0.29) is 16.9 Å². The zero-order valence-electron chi connectivity index (χ0n) is 18.0. The van der Waals surface area contributed by atoms with Crippen LogP contribution in [0.4, 0.5) is 11.4 Å². The van der Waals surface area contributed by atoms with E-state index in [0.29, 0.717) is 11.3 Å². The van der Waals surface area contributed by atoms with Crippen molar-refractivity contribution in [3.8, 4) is 10.6 Å². The molecule has 0 saturated carbocycles. The van der Waals surface area contributed by atoms with Gasteiger partial charge in [-0.05, 0) is 24.4 Å². The lowest BCUT2D eigenvalue weighted by Crippen LogP contribution is -2.20. The fourth-order valence-electron chi connectivity index (χ4n) is 3.45. The van der Waals surface area contributed by atoms with Gasteiger partial charge in [-0.2, -0.15) is 15.3 Å². The number of carbonyl (C=O) groups is 2. The maximum absolute atomic E-state index is 13.1. The molecule has 0 unspecified atom stereocenters. The molecule has 33 heavy (non-hydrogen) atoms. The van der Waals surface area contributed by atoms with E-state index < -0.39 is 11.8 Å². The molecule has 166 valence electrons. The smallest absolute Gasteiger partial charge is 0.276 e. The van der Waals surface area contributed by atoms with Crippen molar-refractivity contribution in [2.45, 2.75) is 6.92 Å². The summed E-state index contributed by atoms with van der Waals surface area (Å²) in [6.07, 6.45) is 6.10. The number of aryl methyl sites for hydroxylation is 2. The van der Waals surface area contributed by atoms with Crippen LogP contribution in [-0.2, 0) is 14.1 Å². The maximum Gasteiger partial charge on any atom is 0.276 e. The molecule has 0 spiro atoms. The molecule has 0 fully saturated rings. The van der Waals surface area contributed by atoms with Gasteiger partial charge in [-0.3, -0.25) is 19.0 Å². The highest BCUT2D eigenvalue weighted by Crippen LogP contribution is 2.26. The standard InChI is InChI=1S/C21H19N9O2S/c1-12-14(10-23-28(12)2)26-21(32)18-15(11-24-29(18)3)27-20(31)13-9-25-30-16(6-7-22-19(13)30)17-5-4-8-33-17/h4-11H,1-3H3,(H,26,32)(H,27,31). The summed E-state index contributed by atoms with van der Waals surface area (Å²) in [6.45, 7) is 1.84. The molecule has 0 aliphatic heterocycles. The fraction of sp³-hybridized carbons (Fsp3) is 0.143. The number of fused-ring (bicyclic) bond motifs is 1. The Morgan fingerprint density at radius 3 is 2.42 bits per heavy atom. The number of aromatic nitrogens is 7. The van der Waals surface area contributed by atoms with E-state index in [0.717, 1.165) is 16.3 Å². The Bertz CT molecular complexity index is 1490. The van der Waals surface area contributed by atoms with Gasteiger partial charge in [0.15, 0.2) is 5.65 Å². The Labute approximate surface area is 191 Å². The summed E-state index contributed by atoms with van der Waals surface area (Å²) in [6, 6.07) is 5.77. The van der Waals surface area contributed by atoms with Crippen molar-refractivity contribution in [1.29, 1.82) is 0 Å². The Balaban J connectivity index is 1.43. The van der Waals surface area contributed by atoms with Crippen LogP contribution in [0.3, 0.4) is 0 Å². The van der Waals surface area contributed by atoms with Crippen LogP contribution >= 0.6 is 11.3 Å². The minimum absolute atomic E-state index is 0.204. The quantitative estimate of drug-likeness (QED) is 0.415. The molecule has 11 nitrogen and oxygen atoms in total. The molecule has 2 N–H and O–H groups in total. The van der Waals surface area contributed by atoms with Crippen LogP contribution in [0, 0.1) is 6.92 Å². The number of anilines is 2. The summed E-state index contributed by atoms with van der Waals surface area (Å²) >= 11 is 1.57. The highest BCUT2D eigenvalue weighted by molar-refractivity contribution is 7.13. The van der Waals surface area contributed by atoms with Gasteiger partial charge in [-0.1, -0.05) is 6.07 Å². The summed E-state index contributed by atoms with van der Waals surface area (Å²) < 4.78 is 4.69. The lowest BCUT2D eigenvalue weighted by molar-refractivity contribution is 0.101. The molecule has 5 rings (SSSR count). The zero-order chi connectivity index (χ0) is 23.1. The number of amides is 2. The molecule has 0 aliphatic rings. The first-order valence-electron chi connectivity index (χ1n) is 9.94. The Morgan fingerprint density at radius 1 is 0.939 bits per heavy atom.